The van der Waals surface area contributed by atoms with Crippen LogP contribution >= 0.6 is 11.3 Å². The van der Waals surface area contributed by atoms with Crippen LogP contribution in [0.15, 0.2) is 53.9 Å². The van der Waals surface area contributed by atoms with Gasteiger partial charge in [0.15, 0.2) is 0 Å². The highest BCUT2D eigenvalue weighted by Gasteiger charge is 2.22. The van der Waals surface area contributed by atoms with Gasteiger partial charge >= 0.3 is 0 Å². The van der Waals surface area contributed by atoms with Gasteiger partial charge in [0, 0.05) is 22.5 Å². The fourth-order valence-electron chi connectivity index (χ4n) is 3.77. The third kappa shape index (κ3) is 5.55. The van der Waals surface area contributed by atoms with E-state index in [9.17, 15) is 14.0 Å². The average molecular weight is 438 g/mol. The van der Waals surface area contributed by atoms with Crippen LogP contribution in [-0.2, 0) is 16.0 Å². The molecule has 0 radical (unpaired) electrons. The van der Waals surface area contributed by atoms with Crippen LogP contribution in [0.4, 0.5) is 15.8 Å². The van der Waals surface area contributed by atoms with Crippen molar-refractivity contribution < 1.29 is 14.0 Å². The third-order valence-corrected chi connectivity index (χ3v) is 6.34. The van der Waals surface area contributed by atoms with Gasteiger partial charge in [-0.1, -0.05) is 49.6 Å². The minimum Gasteiger partial charge on any atom is -0.326 e. The minimum absolute atomic E-state index is 0.0742. The molecule has 4 rings (SSSR count). The number of amides is 2. The van der Waals surface area contributed by atoms with Gasteiger partial charge in [0.2, 0.25) is 11.8 Å². The lowest BCUT2D eigenvalue weighted by molar-refractivity contribution is -0.120. The zero-order valence-corrected chi connectivity index (χ0v) is 17.9. The zero-order valence-electron chi connectivity index (χ0n) is 17.1. The van der Waals surface area contributed by atoms with Crippen molar-refractivity contribution in [3.63, 3.8) is 0 Å². The van der Waals surface area contributed by atoms with E-state index in [2.05, 4.69) is 15.6 Å². The SMILES string of the molecule is O=C(Cc1csc(-c2ccccc2)n1)Nc1ccc(F)c(NC(=O)C2CCCCC2)c1. The van der Waals surface area contributed by atoms with Crippen LogP contribution < -0.4 is 10.6 Å². The van der Waals surface area contributed by atoms with E-state index in [0.29, 0.717) is 11.4 Å². The van der Waals surface area contributed by atoms with E-state index in [1.165, 1.54) is 29.5 Å². The molecule has 31 heavy (non-hydrogen) atoms. The first-order valence-corrected chi connectivity index (χ1v) is 11.4. The van der Waals surface area contributed by atoms with Crippen molar-refractivity contribution in [2.75, 3.05) is 10.6 Å². The number of rotatable bonds is 6. The van der Waals surface area contributed by atoms with E-state index in [1.807, 2.05) is 35.7 Å². The van der Waals surface area contributed by atoms with E-state index >= 15 is 0 Å². The standard InChI is InChI=1S/C24H24FN3O2S/c25-20-12-11-18(13-21(20)28-23(30)16-7-3-1-4-8-16)26-22(29)14-19-15-31-24(27-19)17-9-5-2-6-10-17/h2,5-6,9-13,15-16H,1,3-4,7-8,14H2,(H,26,29)(H,28,30). The first kappa shape index (κ1) is 21.2. The molecule has 0 bridgehead atoms. The summed E-state index contributed by atoms with van der Waals surface area (Å²) in [5.41, 5.74) is 2.21. The van der Waals surface area contributed by atoms with Gasteiger partial charge in [-0.15, -0.1) is 11.3 Å². The molecule has 0 spiro atoms. The highest BCUT2D eigenvalue weighted by atomic mass is 32.1. The Hall–Kier alpha value is -3.06. The number of aromatic nitrogens is 1. The van der Waals surface area contributed by atoms with Crippen molar-refractivity contribution in [1.29, 1.82) is 0 Å². The van der Waals surface area contributed by atoms with Crippen molar-refractivity contribution in [2.24, 2.45) is 5.92 Å². The normalized spacial score (nSPS) is 14.2. The van der Waals surface area contributed by atoms with Crippen molar-refractivity contribution in [3.8, 4) is 10.6 Å². The topological polar surface area (TPSA) is 71.1 Å². The van der Waals surface area contributed by atoms with Crippen molar-refractivity contribution in [3.05, 3.63) is 65.4 Å². The Balaban J connectivity index is 1.38. The van der Waals surface area contributed by atoms with Crippen LogP contribution in [0.5, 0.6) is 0 Å². The Kier molecular flexibility index (Phi) is 6.72. The maximum absolute atomic E-state index is 14.2. The number of nitrogens with one attached hydrogen (secondary N) is 2. The molecule has 2 aromatic carbocycles. The summed E-state index contributed by atoms with van der Waals surface area (Å²) in [7, 11) is 0. The number of carbonyl (C=O) groups is 2. The molecule has 0 saturated heterocycles. The molecule has 1 aromatic heterocycles. The van der Waals surface area contributed by atoms with Crippen LogP contribution in [-0.4, -0.2) is 16.8 Å². The third-order valence-electron chi connectivity index (χ3n) is 5.40. The highest BCUT2D eigenvalue weighted by molar-refractivity contribution is 7.13. The van der Waals surface area contributed by atoms with Gasteiger partial charge in [0.1, 0.15) is 10.8 Å². The molecule has 1 aliphatic carbocycles. The number of hydrogen-bond donors (Lipinski definition) is 2. The number of nitrogens with zero attached hydrogens (tertiary/aromatic N) is 1. The number of thiazole rings is 1. The molecule has 1 aliphatic rings. The lowest BCUT2D eigenvalue weighted by Crippen LogP contribution is -2.25. The zero-order chi connectivity index (χ0) is 21.6. The number of benzene rings is 2. The fraction of sp³-hybridized carbons (Fsp3) is 0.292. The lowest BCUT2D eigenvalue weighted by atomic mass is 9.88. The summed E-state index contributed by atoms with van der Waals surface area (Å²) < 4.78 is 14.2. The number of carbonyl (C=O) groups excluding carboxylic acids is 2. The molecule has 2 amide bonds. The molecule has 0 unspecified atom stereocenters. The molecule has 0 aliphatic heterocycles. The van der Waals surface area contributed by atoms with Gasteiger partial charge < -0.3 is 10.6 Å². The van der Waals surface area contributed by atoms with Crippen molar-refractivity contribution >= 4 is 34.5 Å². The smallest absolute Gasteiger partial charge is 0.230 e. The van der Waals surface area contributed by atoms with Crippen LogP contribution in [0.3, 0.4) is 0 Å². The summed E-state index contributed by atoms with van der Waals surface area (Å²) in [6, 6.07) is 14.0. The molecular formula is C24H24FN3O2S. The van der Waals surface area contributed by atoms with E-state index < -0.39 is 5.82 Å². The Bertz CT molecular complexity index is 1060. The Labute approximate surface area is 184 Å². The molecule has 1 heterocycles. The molecule has 5 nitrogen and oxygen atoms in total. The molecule has 160 valence electrons. The predicted octanol–water partition coefficient (Wildman–Crippen LogP) is 5.65. The Morgan fingerprint density at radius 2 is 1.81 bits per heavy atom. The second-order valence-corrected chi connectivity index (χ2v) is 8.61. The number of halogens is 1. The van der Waals surface area contributed by atoms with Crippen molar-refractivity contribution in [1.82, 2.24) is 4.98 Å². The lowest BCUT2D eigenvalue weighted by Gasteiger charge is -2.21. The van der Waals surface area contributed by atoms with Gasteiger partial charge in [-0.05, 0) is 31.0 Å². The second-order valence-electron chi connectivity index (χ2n) is 7.75. The maximum atomic E-state index is 14.2. The average Bonchev–Trinajstić information content (AvgIpc) is 3.25. The van der Waals surface area contributed by atoms with Crippen molar-refractivity contribution in [2.45, 2.75) is 38.5 Å². The number of anilines is 2. The molecule has 0 atom stereocenters. The summed E-state index contributed by atoms with van der Waals surface area (Å²) >= 11 is 1.49. The van der Waals surface area contributed by atoms with Gasteiger partial charge in [-0.2, -0.15) is 0 Å². The minimum atomic E-state index is -0.519. The van der Waals surface area contributed by atoms with Gasteiger partial charge in [0.05, 0.1) is 17.8 Å². The summed E-state index contributed by atoms with van der Waals surface area (Å²) in [5, 5.41) is 8.18. The quantitative estimate of drug-likeness (QED) is 0.524. The van der Waals surface area contributed by atoms with E-state index in [1.54, 1.807) is 0 Å². The highest BCUT2D eigenvalue weighted by Crippen LogP contribution is 2.27. The first-order chi connectivity index (χ1) is 15.1. The first-order valence-electron chi connectivity index (χ1n) is 10.5. The molecule has 3 aromatic rings. The van der Waals surface area contributed by atoms with E-state index in [-0.39, 0.29) is 29.8 Å². The van der Waals surface area contributed by atoms with Crippen LogP contribution in [0.25, 0.3) is 10.6 Å². The van der Waals surface area contributed by atoms with Gasteiger partial charge in [-0.3, -0.25) is 9.59 Å². The van der Waals surface area contributed by atoms with E-state index in [4.69, 9.17) is 0 Å². The molecule has 1 fully saturated rings. The summed E-state index contributed by atoms with van der Waals surface area (Å²) in [6.07, 6.45) is 4.99. The number of hydrogen-bond acceptors (Lipinski definition) is 4. The summed E-state index contributed by atoms with van der Waals surface area (Å²) in [5.74, 6) is -0.997. The summed E-state index contributed by atoms with van der Waals surface area (Å²) in [4.78, 5) is 29.4. The predicted molar refractivity (Wildman–Crippen MR) is 121 cm³/mol. The van der Waals surface area contributed by atoms with Gasteiger partial charge in [0.25, 0.3) is 0 Å². The maximum Gasteiger partial charge on any atom is 0.230 e. The van der Waals surface area contributed by atoms with Crippen LogP contribution in [0, 0.1) is 11.7 Å². The molecule has 2 N–H and O–H groups in total. The van der Waals surface area contributed by atoms with Crippen LogP contribution in [0.1, 0.15) is 37.8 Å². The van der Waals surface area contributed by atoms with Crippen LogP contribution in [0.2, 0.25) is 0 Å². The Morgan fingerprint density at radius 3 is 2.58 bits per heavy atom. The summed E-state index contributed by atoms with van der Waals surface area (Å²) in [6.45, 7) is 0. The molecule has 7 heteroatoms. The molecule has 1 saturated carbocycles. The van der Waals surface area contributed by atoms with Gasteiger partial charge in [-0.25, -0.2) is 9.37 Å². The largest absolute Gasteiger partial charge is 0.326 e. The second kappa shape index (κ2) is 9.83. The monoisotopic (exact) mass is 437 g/mol. The Morgan fingerprint density at radius 1 is 1.03 bits per heavy atom. The molecular weight excluding hydrogens is 413 g/mol. The van der Waals surface area contributed by atoms with E-state index in [0.717, 1.165) is 42.7 Å². The fourth-order valence-corrected chi connectivity index (χ4v) is 4.60.